The van der Waals surface area contributed by atoms with Gasteiger partial charge in [0.25, 0.3) is 0 Å². The molecule has 0 unspecified atom stereocenters. The van der Waals surface area contributed by atoms with Gasteiger partial charge in [0, 0.05) is 48.3 Å². The number of hydrogen-bond acceptors (Lipinski definition) is 7. The number of rotatable bonds is 6. The monoisotopic (exact) mass is 432 g/mol. The molecular formula is C23H24N6O3. The maximum absolute atomic E-state index is 10.9. The number of hydrogen-bond donors (Lipinski definition) is 3. The lowest BCUT2D eigenvalue weighted by molar-refractivity contribution is -0.138. The Bertz CT molecular complexity index is 1260. The van der Waals surface area contributed by atoms with Crippen molar-refractivity contribution >= 4 is 45.0 Å². The minimum Gasteiger partial charge on any atom is -0.497 e. The first kappa shape index (κ1) is 20.1. The van der Waals surface area contributed by atoms with Crippen molar-refractivity contribution in [3.8, 4) is 5.75 Å². The Kier molecular flexibility index (Phi) is 5.24. The Hall–Kier alpha value is -3.85. The highest BCUT2D eigenvalue weighted by Gasteiger charge is 2.19. The lowest BCUT2D eigenvalue weighted by Crippen LogP contribution is -2.47. The molecule has 3 heterocycles. The summed E-state index contributed by atoms with van der Waals surface area (Å²) < 4.78 is 5.35. The molecule has 0 aliphatic carbocycles. The molecule has 1 aliphatic heterocycles. The molecule has 1 saturated heterocycles. The topological polar surface area (TPSA) is 107 Å². The minimum atomic E-state index is -0.776. The summed E-state index contributed by atoms with van der Waals surface area (Å²) in [7, 11) is 1.65. The number of aromatic amines is 1. The summed E-state index contributed by atoms with van der Waals surface area (Å²) in [4.78, 5) is 19.9. The Morgan fingerprint density at radius 2 is 1.91 bits per heavy atom. The van der Waals surface area contributed by atoms with Gasteiger partial charge in [0.2, 0.25) is 0 Å². The number of aliphatic carboxylic acids is 1. The summed E-state index contributed by atoms with van der Waals surface area (Å²) in [5, 5.41) is 21.6. The number of ether oxygens (including phenoxy) is 1. The number of fused-ring (bicyclic) bond motifs is 3. The molecule has 3 N–H and O–H groups in total. The van der Waals surface area contributed by atoms with Gasteiger partial charge in [-0.1, -0.05) is 0 Å². The van der Waals surface area contributed by atoms with E-state index in [0.717, 1.165) is 65.1 Å². The van der Waals surface area contributed by atoms with Gasteiger partial charge in [0.1, 0.15) is 11.3 Å². The van der Waals surface area contributed by atoms with E-state index in [1.807, 2.05) is 35.2 Å². The van der Waals surface area contributed by atoms with Crippen LogP contribution in [0.4, 0.5) is 17.2 Å². The molecule has 0 radical (unpaired) electrons. The molecular weight excluding hydrogens is 408 g/mol. The average molecular weight is 432 g/mol. The van der Waals surface area contributed by atoms with E-state index in [4.69, 9.17) is 14.8 Å². The van der Waals surface area contributed by atoms with Crippen molar-refractivity contribution in [3.63, 3.8) is 0 Å². The normalized spacial score (nSPS) is 14.7. The van der Waals surface area contributed by atoms with Crippen LogP contribution in [0.3, 0.4) is 0 Å². The van der Waals surface area contributed by atoms with E-state index in [2.05, 4.69) is 32.5 Å². The Morgan fingerprint density at radius 3 is 2.62 bits per heavy atom. The van der Waals surface area contributed by atoms with Crippen molar-refractivity contribution in [2.75, 3.05) is 50.1 Å². The van der Waals surface area contributed by atoms with Crippen molar-refractivity contribution in [2.24, 2.45) is 0 Å². The summed E-state index contributed by atoms with van der Waals surface area (Å²) in [5.74, 6) is 0.716. The Balaban J connectivity index is 1.34. The van der Waals surface area contributed by atoms with Gasteiger partial charge in [0.15, 0.2) is 5.82 Å². The first-order valence-electron chi connectivity index (χ1n) is 10.5. The number of nitrogens with zero attached hydrogens (tertiary/aromatic N) is 4. The molecule has 9 nitrogen and oxygen atoms in total. The molecule has 4 aromatic rings. The first-order chi connectivity index (χ1) is 15.6. The molecule has 2 aromatic heterocycles. The van der Waals surface area contributed by atoms with Gasteiger partial charge in [-0.15, -0.1) is 0 Å². The van der Waals surface area contributed by atoms with E-state index in [1.165, 1.54) is 0 Å². The molecule has 0 bridgehead atoms. The van der Waals surface area contributed by atoms with Gasteiger partial charge >= 0.3 is 5.97 Å². The highest BCUT2D eigenvalue weighted by Crippen LogP contribution is 2.32. The fourth-order valence-electron chi connectivity index (χ4n) is 4.14. The molecule has 0 spiro atoms. The number of methoxy groups -OCH3 is 1. The summed E-state index contributed by atoms with van der Waals surface area (Å²) in [6.07, 6.45) is 1.80. The Morgan fingerprint density at radius 1 is 1.12 bits per heavy atom. The minimum absolute atomic E-state index is 0.101. The molecule has 5 rings (SSSR count). The van der Waals surface area contributed by atoms with Gasteiger partial charge in [-0.25, -0.2) is 4.98 Å². The van der Waals surface area contributed by atoms with Gasteiger partial charge in [-0.3, -0.25) is 14.8 Å². The van der Waals surface area contributed by atoms with Crippen LogP contribution in [0.5, 0.6) is 5.75 Å². The molecule has 32 heavy (non-hydrogen) atoms. The standard InChI is InChI=1S/C23H24N6O3/c1-32-17-6-7-20-18(12-17)19-13-24-27-22(19)23(26-20)25-15-2-4-16(5-3-15)29-10-8-28(9-11-29)14-21(30)31/h2-7,12-13H,8-11,14H2,1H3,(H,24,27)(H,25,26)(H,30,31). The number of aromatic nitrogens is 3. The van der Waals surface area contributed by atoms with Crippen molar-refractivity contribution < 1.29 is 14.6 Å². The van der Waals surface area contributed by atoms with Gasteiger partial charge in [0.05, 0.1) is 25.4 Å². The number of anilines is 3. The van der Waals surface area contributed by atoms with E-state index in [9.17, 15) is 4.79 Å². The van der Waals surface area contributed by atoms with Crippen LogP contribution < -0.4 is 15.0 Å². The summed E-state index contributed by atoms with van der Waals surface area (Å²) in [6, 6.07) is 14.0. The highest BCUT2D eigenvalue weighted by molar-refractivity contribution is 6.09. The Labute approximate surface area is 184 Å². The largest absolute Gasteiger partial charge is 0.497 e. The second-order valence-corrected chi connectivity index (χ2v) is 7.83. The summed E-state index contributed by atoms with van der Waals surface area (Å²) >= 11 is 0. The van der Waals surface area contributed by atoms with E-state index < -0.39 is 5.97 Å². The maximum Gasteiger partial charge on any atom is 0.317 e. The lowest BCUT2D eigenvalue weighted by Gasteiger charge is -2.35. The van der Waals surface area contributed by atoms with Crippen LogP contribution in [0.15, 0.2) is 48.7 Å². The predicted molar refractivity (Wildman–Crippen MR) is 124 cm³/mol. The number of piperazine rings is 1. The van der Waals surface area contributed by atoms with Gasteiger partial charge < -0.3 is 20.1 Å². The van der Waals surface area contributed by atoms with E-state index in [0.29, 0.717) is 5.82 Å². The number of carbonyl (C=O) groups is 1. The van der Waals surface area contributed by atoms with Gasteiger partial charge in [-0.05, 0) is 42.5 Å². The number of carboxylic acids is 1. The SMILES string of the molecule is COc1ccc2nc(Nc3ccc(N4CCN(CC(=O)O)CC4)cc3)c3[nH]ncc3c2c1. The molecule has 2 aromatic carbocycles. The zero-order chi connectivity index (χ0) is 22.1. The van der Waals surface area contributed by atoms with E-state index in [-0.39, 0.29) is 6.54 Å². The number of pyridine rings is 1. The molecule has 164 valence electrons. The number of nitrogens with one attached hydrogen (secondary N) is 2. The zero-order valence-electron chi connectivity index (χ0n) is 17.7. The summed E-state index contributed by atoms with van der Waals surface area (Å²) in [5.41, 5.74) is 3.74. The van der Waals surface area contributed by atoms with Crippen LogP contribution in [0.1, 0.15) is 0 Å². The number of carboxylic acid groups (broad SMARTS) is 1. The van der Waals surface area contributed by atoms with Crippen molar-refractivity contribution in [2.45, 2.75) is 0 Å². The first-order valence-corrected chi connectivity index (χ1v) is 10.5. The number of benzene rings is 2. The van der Waals surface area contributed by atoms with Crippen molar-refractivity contribution in [3.05, 3.63) is 48.7 Å². The van der Waals surface area contributed by atoms with E-state index in [1.54, 1.807) is 13.3 Å². The lowest BCUT2D eigenvalue weighted by atomic mass is 10.1. The second-order valence-electron chi connectivity index (χ2n) is 7.83. The van der Waals surface area contributed by atoms with Gasteiger partial charge in [-0.2, -0.15) is 5.10 Å². The van der Waals surface area contributed by atoms with Crippen LogP contribution in [0.2, 0.25) is 0 Å². The third-order valence-corrected chi connectivity index (χ3v) is 5.83. The third kappa shape index (κ3) is 3.90. The van der Waals surface area contributed by atoms with E-state index >= 15 is 0 Å². The van der Waals surface area contributed by atoms with Crippen LogP contribution in [0, 0.1) is 0 Å². The fourth-order valence-corrected chi connectivity index (χ4v) is 4.14. The smallest absolute Gasteiger partial charge is 0.317 e. The molecule has 1 aliphatic rings. The fraction of sp³-hybridized carbons (Fsp3) is 0.261. The zero-order valence-corrected chi connectivity index (χ0v) is 17.7. The highest BCUT2D eigenvalue weighted by atomic mass is 16.5. The van der Waals surface area contributed by atoms with Crippen LogP contribution >= 0.6 is 0 Å². The second kappa shape index (κ2) is 8.35. The maximum atomic E-state index is 10.9. The molecule has 9 heteroatoms. The number of H-pyrrole nitrogens is 1. The molecule has 1 fully saturated rings. The quantitative estimate of drug-likeness (QED) is 0.427. The molecule has 0 amide bonds. The van der Waals surface area contributed by atoms with Crippen LogP contribution in [0.25, 0.3) is 21.8 Å². The third-order valence-electron chi connectivity index (χ3n) is 5.83. The molecule has 0 saturated carbocycles. The van der Waals surface area contributed by atoms with Crippen LogP contribution in [-0.4, -0.2) is 71.0 Å². The van der Waals surface area contributed by atoms with Crippen molar-refractivity contribution in [1.29, 1.82) is 0 Å². The van der Waals surface area contributed by atoms with Crippen molar-refractivity contribution in [1.82, 2.24) is 20.1 Å². The molecule has 0 atom stereocenters. The average Bonchev–Trinajstić information content (AvgIpc) is 3.30. The predicted octanol–water partition coefficient (Wildman–Crippen LogP) is 3.07. The van der Waals surface area contributed by atoms with Crippen LogP contribution in [-0.2, 0) is 4.79 Å². The summed E-state index contributed by atoms with van der Waals surface area (Å²) in [6.45, 7) is 3.21.